The summed E-state index contributed by atoms with van der Waals surface area (Å²) in [5, 5.41) is 9.82. The molecule has 0 radical (unpaired) electrons. The molecule has 0 amide bonds. The molecule has 0 unspecified atom stereocenters. The number of hydrogen-bond acceptors (Lipinski definition) is 3. The summed E-state index contributed by atoms with van der Waals surface area (Å²) in [4.78, 5) is 15.5. The van der Waals surface area contributed by atoms with Gasteiger partial charge in [0.1, 0.15) is 0 Å². The molecular weight excluding hydrogens is 681 g/mol. The number of hydrogen-bond donors (Lipinski definition) is 0. The van der Waals surface area contributed by atoms with E-state index in [9.17, 15) is 0 Å². The molecule has 2 aromatic heterocycles. The van der Waals surface area contributed by atoms with Crippen LogP contribution in [0.15, 0.2) is 188 Å². The minimum atomic E-state index is 0.631. The molecule has 11 aromatic rings. The van der Waals surface area contributed by atoms with Crippen molar-refractivity contribution in [1.29, 1.82) is 0 Å². The first-order valence-electron chi connectivity index (χ1n) is 19.0. The molecule has 4 heteroatoms. The number of benzene rings is 9. The molecule has 0 N–H and O–H groups in total. The predicted molar refractivity (Wildman–Crippen MR) is 233 cm³/mol. The van der Waals surface area contributed by atoms with Crippen molar-refractivity contribution < 1.29 is 0 Å². The topological polar surface area (TPSA) is 43.6 Å². The van der Waals surface area contributed by atoms with Gasteiger partial charge < -0.3 is 4.57 Å². The van der Waals surface area contributed by atoms with E-state index in [4.69, 9.17) is 15.0 Å². The number of nitrogens with zero attached hydrogens (tertiary/aromatic N) is 4. The van der Waals surface area contributed by atoms with Crippen molar-refractivity contribution in [2.75, 3.05) is 0 Å². The van der Waals surface area contributed by atoms with Crippen LogP contribution in [0.4, 0.5) is 0 Å². The Bertz CT molecular complexity index is 3250. The minimum Gasteiger partial charge on any atom is -0.309 e. The van der Waals surface area contributed by atoms with Crippen LogP contribution < -0.4 is 0 Å². The molecule has 0 spiro atoms. The van der Waals surface area contributed by atoms with Gasteiger partial charge in [0, 0.05) is 33.0 Å². The van der Waals surface area contributed by atoms with Crippen LogP contribution in [0.5, 0.6) is 0 Å². The second kappa shape index (κ2) is 12.9. The van der Waals surface area contributed by atoms with Gasteiger partial charge in [-0.3, -0.25) is 0 Å². The van der Waals surface area contributed by atoms with E-state index in [1.54, 1.807) is 0 Å². The van der Waals surface area contributed by atoms with E-state index in [-0.39, 0.29) is 0 Å². The third-order valence-electron chi connectivity index (χ3n) is 11.1. The number of rotatable bonds is 5. The smallest absolute Gasteiger partial charge is 0.164 e. The molecule has 4 nitrogen and oxygen atoms in total. The molecule has 0 aliphatic carbocycles. The molecular formula is C52H34N4. The van der Waals surface area contributed by atoms with E-state index < -0.39 is 0 Å². The average Bonchev–Trinajstić information content (AvgIpc) is 3.60. The average molecular weight is 715 g/mol. The first-order chi connectivity index (χ1) is 27.7. The Morgan fingerprint density at radius 2 is 0.768 bits per heavy atom. The number of aromatic nitrogens is 4. The SMILES string of the molecule is Cc1cccc(-c2nc(-c3cccc(-c4ccccc4-n4c5ccccc5c5ccccc54)c3)nc(-c3ccc4c5ccccc5c5ccccc5c4c3)n2)c1. The molecule has 56 heavy (non-hydrogen) atoms. The Hall–Kier alpha value is -7.43. The van der Waals surface area contributed by atoms with Crippen LogP contribution >= 0.6 is 0 Å². The van der Waals surface area contributed by atoms with Crippen molar-refractivity contribution in [1.82, 2.24) is 19.5 Å². The maximum Gasteiger partial charge on any atom is 0.164 e. The molecule has 262 valence electrons. The highest BCUT2D eigenvalue weighted by atomic mass is 15.0. The minimum absolute atomic E-state index is 0.631. The lowest BCUT2D eigenvalue weighted by atomic mass is 9.93. The van der Waals surface area contributed by atoms with Crippen molar-refractivity contribution >= 4 is 54.1 Å². The monoisotopic (exact) mass is 714 g/mol. The standard InChI is InChI=1S/C52H34N4/c1-33-14-12-16-35(30-33)50-53-51(55-52(54-50)37-28-29-43-41-21-3-2-19-39(41)40-20-4-5-22-42(40)46(43)32-37)36-17-13-15-34(31-36)38-18-6-9-25-47(38)56-48-26-10-7-23-44(48)45-24-8-11-27-49(45)56/h2-32H,1H3. The predicted octanol–water partition coefficient (Wildman–Crippen LogP) is 13.4. The van der Waals surface area contributed by atoms with Crippen LogP contribution in [0.3, 0.4) is 0 Å². The summed E-state index contributed by atoms with van der Waals surface area (Å²) in [6, 6.07) is 66.9. The third-order valence-corrected chi connectivity index (χ3v) is 11.1. The van der Waals surface area contributed by atoms with Gasteiger partial charge in [0.25, 0.3) is 0 Å². The van der Waals surface area contributed by atoms with E-state index in [1.807, 2.05) is 0 Å². The maximum absolute atomic E-state index is 5.23. The van der Waals surface area contributed by atoms with Crippen molar-refractivity contribution in [2.45, 2.75) is 6.92 Å². The number of fused-ring (bicyclic) bond motifs is 9. The summed E-state index contributed by atoms with van der Waals surface area (Å²) >= 11 is 0. The van der Waals surface area contributed by atoms with E-state index >= 15 is 0 Å². The van der Waals surface area contributed by atoms with Gasteiger partial charge in [-0.05, 0) is 81.2 Å². The molecule has 0 fully saturated rings. The molecule has 0 saturated carbocycles. The second-order valence-corrected chi connectivity index (χ2v) is 14.5. The Labute approximate surface area is 324 Å². The maximum atomic E-state index is 5.23. The fourth-order valence-corrected chi connectivity index (χ4v) is 8.51. The second-order valence-electron chi connectivity index (χ2n) is 14.5. The highest BCUT2D eigenvalue weighted by Crippen LogP contribution is 2.39. The summed E-state index contributed by atoms with van der Waals surface area (Å²) in [6.45, 7) is 2.10. The molecule has 0 aliphatic heterocycles. The summed E-state index contributed by atoms with van der Waals surface area (Å²) in [6.07, 6.45) is 0. The molecule has 9 aromatic carbocycles. The lowest BCUT2D eigenvalue weighted by molar-refractivity contribution is 1.07. The van der Waals surface area contributed by atoms with Crippen LogP contribution in [-0.2, 0) is 0 Å². The summed E-state index contributed by atoms with van der Waals surface area (Å²) in [7, 11) is 0. The zero-order valence-electron chi connectivity index (χ0n) is 30.7. The summed E-state index contributed by atoms with van der Waals surface area (Å²) in [5.74, 6) is 1.92. The van der Waals surface area contributed by atoms with Gasteiger partial charge in [-0.15, -0.1) is 0 Å². The largest absolute Gasteiger partial charge is 0.309 e. The fourth-order valence-electron chi connectivity index (χ4n) is 8.51. The molecule has 0 saturated heterocycles. The van der Waals surface area contributed by atoms with Gasteiger partial charge in [-0.1, -0.05) is 157 Å². The zero-order chi connectivity index (χ0) is 37.2. The van der Waals surface area contributed by atoms with E-state index in [1.165, 1.54) is 54.1 Å². The highest BCUT2D eigenvalue weighted by Gasteiger charge is 2.18. The van der Waals surface area contributed by atoms with Gasteiger partial charge in [0.05, 0.1) is 16.7 Å². The van der Waals surface area contributed by atoms with Crippen LogP contribution in [0.2, 0.25) is 0 Å². The van der Waals surface area contributed by atoms with Gasteiger partial charge in [0.2, 0.25) is 0 Å². The van der Waals surface area contributed by atoms with Crippen molar-refractivity contribution in [3.05, 3.63) is 194 Å². The van der Waals surface area contributed by atoms with E-state index in [0.717, 1.165) is 39.1 Å². The summed E-state index contributed by atoms with van der Waals surface area (Å²) < 4.78 is 2.39. The molecule has 11 rings (SSSR count). The molecule has 0 aliphatic rings. The Balaban J connectivity index is 1.10. The van der Waals surface area contributed by atoms with Crippen LogP contribution in [0.1, 0.15) is 5.56 Å². The Morgan fingerprint density at radius 3 is 1.38 bits per heavy atom. The van der Waals surface area contributed by atoms with Crippen LogP contribution in [0.25, 0.3) is 105 Å². The highest BCUT2D eigenvalue weighted by molar-refractivity contribution is 6.25. The normalized spacial score (nSPS) is 11.7. The zero-order valence-corrected chi connectivity index (χ0v) is 30.7. The number of para-hydroxylation sites is 3. The lowest BCUT2D eigenvalue weighted by Crippen LogP contribution is -2.01. The first-order valence-corrected chi connectivity index (χ1v) is 19.0. The summed E-state index contributed by atoms with van der Waals surface area (Å²) in [5.41, 5.74) is 9.67. The van der Waals surface area contributed by atoms with Crippen molar-refractivity contribution in [3.63, 3.8) is 0 Å². The molecule has 2 heterocycles. The van der Waals surface area contributed by atoms with Gasteiger partial charge in [0.15, 0.2) is 17.5 Å². The van der Waals surface area contributed by atoms with Crippen molar-refractivity contribution in [2.24, 2.45) is 0 Å². The van der Waals surface area contributed by atoms with Crippen molar-refractivity contribution in [3.8, 4) is 51.0 Å². The molecule has 0 bridgehead atoms. The van der Waals surface area contributed by atoms with E-state index in [0.29, 0.717) is 17.5 Å². The fraction of sp³-hybridized carbons (Fsp3) is 0.0192. The Morgan fingerprint density at radius 1 is 0.321 bits per heavy atom. The van der Waals surface area contributed by atoms with Gasteiger partial charge in [-0.25, -0.2) is 15.0 Å². The van der Waals surface area contributed by atoms with Gasteiger partial charge in [-0.2, -0.15) is 0 Å². The van der Waals surface area contributed by atoms with E-state index in [2.05, 4.69) is 200 Å². The Kier molecular flexibility index (Phi) is 7.36. The number of aryl methyl sites for hydroxylation is 1. The van der Waals surface area contributed by atoms with Crippen LogP contribution in [-0.4, -0.2) is 19.5 Å². The molecule has 0 atom stereocenters. The lowest BCUT2D eigenvalue weighted by Gasteiger charge is -2.15. The third kappa shape index (κ3) is 5.19. The van der Waals surface area contributed by atoms with Gasteiger partial charge >= 0.3 is 0 Å². The quantitative estimate of drug-likeness (QED) is 0.167. The first kappa shape index (κ1) is 32.0. The van der Waals surface area contributed by atoms with Crippen LogP contribution in [0, 0.1) is 6.92 Å².